The lowest BCUT2D eigenvalue weighted by atomic mass is 9.97. The van der Waals surface area contributed by atoms with Crippen LogP contribution in [0.15, 0.2) is 30.5 Å². The SMILES string of the molecule is CCN(C)C(=O)c1cc(-c2ccc(C)nc2)cc(N(C)C)c1C. The maximum atomic E-state index is 12.7. The largest absolute Gasteiger partial charge is 0.377 e. The summed E-state index contributed by atoms with van der Waals surface area (Å²) in [4.78, 5) is 20.8. The zero-order valence-corrected chi connectivity index (χ0v) is 14.8. The molecule has 122 valence electrons. The fraction of sp³-hybridized carbons (Fsp3) is 0.368. The molecule has 2 rings (SSSR count). The minimum absolute atomic E-state index is 0.0509. The average Bonchev–Trinajstić information content (AvgIpc) is 2.54. The van der Waals surface area contributed by atoms with E-state index in [1.165, 1.54) is 0 Å². The van der Waals surface area contributed by atoms with Crippen molar-refractivity contribution in [3.05, 3.63) is 47.3 Å². The number of anilines is 1. The Morgan fingerprint density at radius 2 is 1.78 bits per heavy atom. The van der Waals surface area contributed by atoms with E-state index in [1.54, 1.807) is 4.90 Å². The summed E-state index contributed by atoms with van der Waals surface area (Å²) in [5, 5.41) is 0. The normalized spacial score (nSPS) is 10.5. The standard InChI is InChI=1S/C19H25N3O/c1-7-22(6)19(23)17-10-16(11-18(14(17)3)21(4)5)15-9-8-13(2)20-12-15/h8-12H,7H2,1-6H3. The first-order valence-corrected chi connectivity index (χ1v) is 7.85. The second-order valence-corrected chi connectivity index (χ2v) is 6.07. The van der Waals surface area contributed by atoms with Gasteiger partial charge in [0.1, 0.15) is 0 Å². The van der Waals surface area contributed by atoms with E-state index in [-0.39, 0.29) is 5.91 Å². The Balaban J connectivity index is 2.62. The van der Waals surface area contributed by atoms with Gasteiger partial charge in [0.2, 0.25) is 0 Å². The highest BCUT2D eigenvalue weighted by Gasteiger charge is 2.18. The van der Waals surface area contributed by atoms with Crippen molar-refractivity contribution in [1.29, 1.82) is 0 Å². The van der Waals surface area contributed by atoms with Crippen LogP contribution in [-0.4, -0.2) is 43.5 Å². The van der Waals surface area contributed by atoms with E-state index in [9.17, 15) is 4.79 Å². The van der Waals surface area contributed by atoms with Crippen molar-refractivity contribution in [3.63, 3.8) is 0 Å². The van der Waals surface area contributed by atoms with Gasteiger partial charge in [0.15, 0.2) is 0 Å². The number of amides is 1. The van der Waals surface area contributed by atoms with Crippen LogP contribution in [0.25, 0.3) is 11.1 Å². The van der Waals surface area contributed by atoms with Crippen LogP contribution >= 0.6 is 0 Å². The highest BCUT2D eigenvalue weighted by atomic mass is 16.2. The molecular weight excluding hydrogens is 286 g/mol. The Bertz CT molecular complexity index is 705. The van der Waals surface area contributed by atoms with Gasteiger partial charge in [0, 0.05) is 56.4 Å². The third-order valence-electron chi connectivity index (χ3n) is 4.16. The third-order valence-corrected chi connectivity index (χ3v) is 4.16. The van der Waals surface area contributed by atoms with Crippen LogP contribution in [0.5, 0.6) is 0 Å². The smallest absolute Gasteiger partial charge is 0.253 e. The van der Waals surface area contributed by atoms with E-state index in [0.717, 1.165) is 33.6 Å². The third kappa shape index (κ3) is 3.52. The number of carbonyl (C=O) groups excluding carboxylic acids is 1. The fourth-order valence-electron chi connectivity index (χ4n) is 2.54. The summed E-state index contributed by atoms with van der Waals surface area (Å²) in [6, 6.07) is 8.13. The van der Waals surface area contributed by atoms with Crippen molar-refractivity contribution >= 4 is 11.6 Å². The number of pyridine rings is 1. The molecule has 0 unspecified atom stereocenters. The minimum atomic E-state index is 0.0509. The minimum Gasteiger partial charge on any atom is -0.377 e. The van der Waals surface area contributed by atoms with Crippen molar-refractivity contribution < 1.29 is 4.79 Å². The highest BCUT2D eigenvalue weighted by Crippen LogP contribution is 2.30. The predicted molar refractivity (Wildman–Crippen MR) is 96.1 cm³/mol. The maximum absolute atomic E-state index is 12.7. The molecule has 0 fully saturated rings. The van der Waals surface area contributed by atoms with E-state index in [1.807, 2.05) is 71.2 Å². The Hall–Kier alpha value is -2.36. The van der Waals surface area contributed by atoms with Gasteiger partial charge in [-0.1, -0.05) is 6.07 Å². The first kappa shape index (κ1) is 17.0. The van der Waals surface area contributed by atoms with Crippen LogP contribution in [0.2, 0.25) is 0 Å². The Morgan fingerprint density at radius 1 is 1.09 bits per heavy atom. The number of nitrogens with zero attached hydrogens (tertiary/aromatic N) is 3. The molecule has 0 aliphatic carbocycles. The molecule has 1 aromatic carbocycles. The van der Waals surface area contributed by atoms with Crippen molar-refractivity contribution in [2.45, 2.75) is 20.8 Å². The molecule has 0 bridgehead atoms. The molecule has 0 N–H and O–H groups in total. The topological polar surface area (TPSA) is 36.4 Å². The van der Waals surface area contributed by atoms with Crippen LogP contribution in [0, 0.1) is 13.8 Å². The Labute approximate surface area is 138 Å². The quantitative estimate of drug-likeness (QED) is 0.867. The van der Waals surface area contributed by atoms with E-state index in [2.05, 4.69) is 11.1 Å². The van der Waals surface area contributed by atoms with E-state index < -0.39 is 0 Å². The summed E-state index contributed by atoms with van der Waals surface area (Å²) in [7, 11) is 5.83. The average molecular weight is 311 g/mol. The van der Waals surface area contributed by atoms with Gasteiger partial charge in [-0.05, 0) is 50.1 Å². The number of benzene rings is 1. The van der Waals surface area contributed by atoms with Crippen molar-refractivity contribution in [3.8, 4) is 11.1 Å². The van der Waals surface area contributed by atoms with Gasteiger partial charge < -0.3 is 9.80 Å². The molecule has 1 amide bonds. The Morgan fingerprint density at radius 3 is 2.30 bits per heavy atom. The van der Waals surface area contributed by atoms with Gasteiger partial charge in [0.25, 0.3) is 5.91 Å². The molecule has 0 spiro atoms. The predicted octanol–water partition coefficient (Wildman–Crippen LogP) is 3.52. The first-order valence-electron chi connectivity index (χ1n) is 7.85. The van der Waals surface area contributed by atoms with E-state index >= 15 is 0 Å². The van der Waals surface area contributed by atoms with Crippen LogP contribution in [0.1, 0.15) is 28.5 Å². The van der Waals surface area contributed by atoms with E-state index in [0.29, 0.717) is 6.54 Å². The van der Waals surface area contributed by atoms with Crippen LogP contribution in [0.4, 0.5) is 5.69 Å². The lowest BCUT2D eigenvalue weighted by molar-refractivity contribution is 0.0802. The molecule has 0 radical (unpaired) electrons. The number of carbonyl (C=O) groups is 1. The molecule has 1 heterocycles. The second-order valence-electron chi connectivity index (χ2n) is 6.07. The summed E-state index contributed by atoms with van der Waals surface area (Å²) >= 11 is 0. The van der Waals surface area contributed by atoms with Gasteiger partial charge in [-0.3, -0.25) is 9.78 Å². The zero-order valence-electron chi connectivity index (χ0n) is 14.8. The highest BCUT2D eigenvalue weighted by molar-refractivity contribution is 5.98. The number of rotatable bonds is 4. The molecule has 1 aromatic heterocycles. The summed E-state index contributed by atoms with van der Waals surface area (Å²) in [6.45, 7) is 6.64. The van der Waals surface area contributed by atoms with Gasteiger partial charge in [0.05, 0.1) is 0 Å². The van der Waals surface area contributed by atoms with Crippen LogP contribution in [-0.2, 0) is 0 Å². The molecule has 0 saturated carbocycles. The molecule has 4 nitrogen and oxygen atoms in total. The first-order chi connectivity index (χ1) is 10.8. The molecule has 4 heteroatoms. The fourth-order valence-corrected chi connectivity index (χ4v) is 2.54. The van der Waals surface area contributed by atoms with Gasteiger partial charge in [-0.25, -0.2) is 0 Å². The summed E-state index contributed by atoms with van der Waals surface area (Å²) in [5.41, 5.74) is 5.82. The Kier molecular flexibility index (Phi) is 5.04. The molecule has 2 aromatic rings. The maximum Gasteiger partial charge on any atom is 0.253 e. The molecule has 23 heavy (non-hydrogen) atoms. The van der Waals surface area contributed by atoms with Crippen molar-refractivity contribution in [2.75, 3.05) is 32.6 Å². The number of aromatic nitrogens is 1. The lowest BCUT2D eigenvalue weighted by Crippen LogP contribution is -2.27. The van der Waals surface area contributed by atoms with Gasteiger partial charge in [-0.2, -0.15) is 0 Å². The molecular formula is C19H25N3O. The number of aryl methyl sites for hydroxylation is 1. The van der Waals surface area contributed by atoms with Crippen molar-refractivity contribution in [1.82, 2.24) is 9.88 Å². The van der Waals surface area contributed by atoms with Crippen molar-refractivity contribution in [2.24, 2.45) is 0 Å². The second kappa shape index (κ2) is 6.82. The molecule has 0 saturated heterocycles. The van der Waals surface area contributed by atoms with Crippen LogP contribution < -0.4 is 4.90 Å². The molecule has 0 aliphatic rings. The summed E-state index contributed by atoms with van der Waals surface area (Å²) in [6.07, 6.45) is 1.86. The number of hydrogen-bond donors (Lipinski definition) is 0. The summed E-state index contributed by atoms with van der Waals surface area (Å²) in [5.74, 6) is 0.0509. The summed E-state index contributed by atoms with van der Waals surface area (Å²) < 4.78 is 0. The zero-order chi connectivity index (χ0) is 17.1. The molecule has 0 atom stereocenters. The van der Waals surface area contributed by atoms with Crippen LogP contribution in [0.3, 0.4) is 0 Å². The lowest BCUT2D eigenvalue weighted by Gasteiger charge is -2.22. The van der Waals surface area contributed by atoms with Gasteiger partial charge in [-0.15, -0.1) is 0 Å². The van der Waals surface area contributed by atoms with Gasteiger partial charge >= 0.3 is 0 Å². The molecule has 0 aliphatic heterocycles. The van der Waals surface area contributed by atoms with E-state index in [4.69, 9.17) is 0 Å². The monoisotopic (exact) mass is 311 g/mol. The number of hydrogen-bond acceptors (Lipinski definition) is 3.